The number of hydrogen-bond acceptors (Lipinski definition) is 3. The summed E-state index contributed by atoms with van der Waals surface area (Å²) in [4.78, 5) is 13.6. The fourth-order valence-corrected chi connectivity index (χ4v) is 2.87. The molecule has 1 aliphatic heterocycles. The van der Waals surface area contributed by atoms with Crippen LogP contribution in [0.3, 0.4) is 0 Å². The molecule has 0 radical (unpaired) electrons. The number of benzene rings is 1. The average Bonchev–Trinajstić information content (AvgIpc) is 2.48. The highest BCUT2D eigenvalue weighted by atomic mass is 127. The molecule has 4 nitrogen and oxygen atoms in total. The highest BCUT2D eigenvalue weighted by molar-refractivity contribution is 14.1. The Balaban J connectivity index is 2.41. The lowest BCUT2D eigenvalue weighted by atomic mass is 10.0. The third kappa shape index (κ3) is 3.40. The van der Waals surface area contributed by atoms with Gasteiger partial charge >= 0.3 is 0 Å². The molecule has 1 heterocycles. The third-order valence-corrected chi connectivity index (χ3v) is 4.32. The second kappa shape index (κ2) is 7.36. The highest BCUT2D eigenvalue weighted by Crippen LogP contribution is 2.33. The summed E-state index contributed by atoms with van der Waals surface area (Å²) in [6, 6.07) is 2.18. The molecule has 0 N–H and O–H groups in total. The number of rotatable bonds is 5. The first-order valence-corrected chi connectivity index (χ1v) is 8.00. The third-order valence-electron chi connectivity index (χ3n) is 3.27. The van der Waals surface area contributed by atoms with Gasteiger partial charge in [0.25, 0.3) is 0 Å². The molecule has 0 fully saturated rings. The van der Waals surface area contributed by atoms with Crippen molar-refractivity contribution in [3.63, 3.8) is 0 Å². The van der Waals surface area contributed by atoms with E-state index < -0.39 is 11.6 Å². The van der Waals surface area contributed by atoms with E-state index in [1.165, 1.54) is 12.0 Å². The molecule has 7 heteroatoms. The molecule has 22 heavy (non-hydrogen) atoms. The molecular formula is C15H16F2INO3. The first kappa shape index (κ1) is 17.1. The number of methoxy groups -OCH3 is 1. The van der Waals surface area contributed by atoms with Gasteiger partial charge in [-0.3, -0.25) is 4.79 Å². The van der Waals surface area contributed by atoms with Crippen LogP contribution in [0.5, 0.6) is 5.75 Å². The van der Waals surface area contributed by atoms with E-state index in [1.807, 2.05) is 22.6 Å². The SMILES string of the molecule is CCN1C(=O)C(I)CC=C1c1c(F)cc(OCOC)cc1F. The van der Waals surface area contributed by atoms with Gasteiger partial charge in [0.15, 0.2) is 6.79 Å². The molecular weight excluding hydrogens is 407 g/mol. The van der Waals surface area contributed by atoms with Crippen LogP contribution in [0.4, 0.5) is 8.78 Å². The minimum Gasteiger partial charge on any atom is -0.467 e. The molecule has 1 amide bonds. The van der Waals surface area contributed by atoms with Crippen LogP contribution in [0.15, 0.2) is 18.2 Å². The quantitative estimate of drug-likeness (QED) is 0.415. The molecule has 0 saturated carbocycles. The minimum atomic E-state index is -0.768. The zero-order chi connectivity index (χ0) is 16.3. The van der Waals surface area contributed by atoms with E-state index in [0.717, 1.165) is 12.1 Å². The van der Waals surface area contributed by atoms with Gasteiger partial charge in [-0.2, -0.15) is 0 Å². The maximum Gasteiger partial charge on any atom is 0.240 e. The predicted molar refractivity (Wildman–Crippen MR) is 86.7 cm³/mol. The molecule has 0 aliphatic carbocycles. The van der Waals surface area contributed by atoms with E-state index in [4.69, 9.17) is 9.47 Å². The van der Waals surface area contributed by atoms with Crippen molar-refractivity contribution in [3.05, 3.63) is 35.4 Å². The smallest absolute Gasteiger partial charge is 0.240 e. The standard InChI is InChI=1S/C15H16F2INO3/c1-3-19-13(5-4-12(18)15(19)20)14-10(16)6-9(7-11(14)17)22-8-21-2/h5-7,12H,3-4,8H2,1-2H3. The number of hydrogen-bond donors (Lipinski definition) is 0. The molecule has 1 aromatic carbocycles. The van der Waals surface area contributed by atoms with E-state index in [0.29, 0.717) is 13.0 Å². The fourth-order valence-electron chi connectivity index (χ4n) is 2.28. The van der Waals surface area contributed by atoms with E-state index in [-0.39, 0.29) is 33.6 Å². The average molecular weight is 423 g/mol. The molecule has 1 aliphatic rings. The Bertz CT molecular complexity index is 583. The predicted octanol–water partition coefficient (Wildman–Crippen LogP) is 3.34. The lowest BCUT2D eigenvalue weighted by Crippen LogP contribution is -2.38. The number of carbonyl (C=O) groups excluding carboxylic acids is 1. The largest absolute Gasteiger partial charge is 0.467 e. The second-order valence-corrected chi connectivity index (χ2v) is 6.19. The summed E-state index contributed by atoms with van der Waals surface area (Å²) in [5, 5.41) is 0. The van der Waals surface area contributed by atoms with Crippen LogP contribution in [-0.2, 0) is 9.53 Å². The molecule has 1 unspecified atom stereocenters. The van der Waals surface area contributed by atoms with Gasteiger partial charge in [-0.05, 0) is 13.3 Å². The number of amides is 1. The molecule has 0 bridgehead atoms. The van der Waals surface area contributed by atoms with Crippen molar-refractivity contribution in [2.45, 2.75) is 17.3 Å². The molecule has 0 saturated heterocycles. The Hall–Kier alpha value is -1.22. The Morgan fingerprint density at radius 1 is 1.36 bits per heavy atom. The van der Waals surface area contributed by atoms with Crippen molar-refractivity contribution in [1.82, 2.24) is 4.90 Å². The van der Waals surface area contributed by atoms with E-state index in [2.05, 4.69) is 0 Å². The summed E-state index contributed by atoms with van der Waals surface area (Å²) in [5.41, 5.74) is 0.0666. The number of carbonyl (C=O) groups is 1. The van der Waals surface area contributed by atoms with Gasteiger partial charge in [0.05, 0.1) is 15.2 Å². The van der Waals surface area contributed by atoms with Crippen molar-refractivity contribution >= 4 is 34.2 Å². The van der Waals surface area contributed by atoms with Crippen LogP contribution < -0.4 is 4.74 Å². The monoisotopic (exact) mass is 423 g/mol. The highest BCUT2D eigenvalue weighted by Gasteiger charge is 2.31. The van der Waals surface area contributed by atoms with E-state index >= 15 is 0 Å². The number of nitrogens with zero attached hydrogens (tertiary/aromatic N) is 1. The minimum absolute atomic E-state index is 0.0400. The van der Waals surface area contributed by atoms with Crippen LogP contribution in [0, 0.1) is 11.6 Å². The lowest BCUT2D eigenvalue weighted by molar-refractivity contribution is -0.127. The number of allylic oxidation sites excluding steroid dienone is 1. The molecule has 1 aromatic rings. The van der Waals surface area contributed by atoms with Crippen molar-refractivity contribution in [2.24, 2.45) is 0 Å². The van der Waals surface area contributed by atoms with Gasteiger partial charge < -0.3 is 14.4 Å². The summed E-state index contributed by atoms with van der Waals surface area (Å²) in [6.07, 6.45) is 2.14. The molecule has 2 rings (SSSR count). The summed E-state index contributed by atoms with van der Waals surface area (Å²) in [5.74, 6) is -1.64. The van der Waals surface area contributed by atoms with Crippen molar-refractivity contribution < 1.29 is 23.0 Å². The maximum atomic E-state index is 14.3. The van der Waals surface area contributed by atoms with Gasteiger partial charge in [-0.15, -0.1) is 0 Å². The molecule has 120 valence electrons. The van der Waals surface area contributed by atoms with Crippen LogP contribution in [0.25, 0.3) is 5.70 Å². The van der Waals surface area contributed by atoms with Gasteiger partial charge in [0.1, 0.15) is 17.4 Å². The van der Waals surface area contributed by atoms with Crippen molar-refractivity contribution in [3.8, 4) is 5.75 Å². The van der Waals surface area contributed by atoms with E-state index in [9.17, 15) is 13.6 Å². The van der Waals surface area contributed by atoms with Crippen LogP contribution in [0.1, 0.15) is 18.9 Å². The van der Waals surface area contributed by atoms with Gasteiger partial charge in [-0.1, -0.05) is 28.7 Å². The Kier molecular flexibility index (Phi) is 5.74. The summed E-state index contributed by atoms with van der Waals surface area (Å²) in [6.45, 7) is 2.02. The molecule has 1 atom stereocenters. The number of halogens is 3. The Labute approximate surface area is 141 Å². The first-order valence-electron chi connectivity index (χ1n) is 6.76. The van der Waals surface area contributed by atoms with Crippen molar-refractivity contribution in [1.29, 1.82) is 0 Å². The first-order chi connectivity index (χ1) is 10.5. The van der Waals surface area contributed by atoms with Crippen LogP contribution >= 0.6 is 22.6 Å². The Morgan fingerprint density at radius 2 is 2.00 bits per heavy atom. The summed E-state index contributed by atoms with van der Waals surface area (Å²) < 4.78 is 38.2. The Morgan fingerprint density at radius 3 is 2.55 bits per heavy atom. The van der Waals surface area contributed by atoms with Crippen LogP contribution in [-0.4, -0.2) is 35.2 Å². The van der Waals surface area contributed by atoms with Gasteiger partial charge in [0, 0.05) is 25.8 Å². The van der Waals surface area contributed by atoms with Crippen molar-refractivity contribution in [2.75, 3.05) is 20.4 Å². The van der Waals surface area contributed by atoms with Crippen LogP contribution in [0.2, 0.25) is 0 Å². The summed E-state index contributed by atoms with van der Waals surface area (Å²) >= 11 is 2.03. The normalized spacial score (nSPS) is 18.4. The molecule has 0 aromatic heterocycles. The molecule has 0 spiro atoms. The number of ether oxygens (including phenoxy) is 2. The van der Waals surface area contributed by atoms with E-state index in [1.54, 1.807) is 13.0 Å². The van der Waals surface area contributed by atoms with Gasteiger partial charge in [0.2, 0.25) is 5.91 Å². The lowest BCUT2D eigenvalue weighted by Gasteiger charge is -2.30. The summed E-state index contributed by atoms with van der Waals surface area (Å²) in [7, 11) is 1.42. The zero-order valence-corrected chi connectivity index (χ0v) is 14.4. The number of alkyl halides is 1. The second-order valence-electron chi connectivity index (χ2n) is 4.69. The van der Waals surface area contributed by atoms with Gasteiger partial charge in [-0.25, -0.2) is 8.78 Å². The fraction of sp³-hybridized carbons (Fsp3) is 0.400. The maximum absolute atomic E-state index is 14.3. The topological polar surface area (TPSA) is 38.8 Å². The zero-order valence-electron chi connectivity index (χ0n) is 12.2.